The molecule has 0 amide bonds. The summed E-state index contributed by atoms with van der Waals surface area (Å²) in [5.41, 5.74) is 4.73. The van der Waals surface area contributed by atoms with E-state index in [9.17, 15) is 8.78 Å². The van der Waals surface area contributed by atoms with Crippen LogP contribution in [0.15, 0.2) is 52.9 Å². The lowest BCUT2D eigenvalue weighted by Gasteiger charge is -2.11. The van der Waals surface area contributed by atoms with E-state index in [0.717, 1.165) is 28.0 Å². The Labute approximate surface area is 155 Å². The van der Waals surface area contributed by atoms with Gasteiger partial charge in [0.2, 0.25) is 5.89 Å². The van der Waals surface area contributed by atoms with Crippen LogP contribution in [0.4, 0.5) is 8.78 Å². The number of halogens is 2. The van der Waals surface area contributed by atoms with Crippen molar-refractivity contribution in [1.29, 1.82) is 0 Å². The summed E-state index contributed by atoms with van der Waals surface area (Å²) in [5, 5.41) is 0. The van der Waals surface area contributed by atoms with Crippen LogP contribution in [0.25, 0.3) is 33.7 Å². The Balaban J connectivity index is 1.82. The number of nitrogens with zero attached hydrogens (tertiary/aromatic N) is 1. The van der Waals surface area contributed by atoms with E-state index in [1.807, 2.05) is 38.1 Å². The molecule has 0 unspecified atom stereocenters. The molecule has 0 fully saturated rings. The van der Waals surface area contributed by atoms with Gasteiger partial charge in [-0.25, -0.2) is 13.8 Å². The van der Waals surface area contributed by atoms with Crippen molar-refractivity contribution >= 4 is 11.1 Å². The SMILES string of the molecule is COc1c(C)cc(-c2ccc3nc(-c4c(F)cccc4F)oc3c2)cc1C. The lowest BCUT2D eigenvalue weighted by molar-refractivity contribution is 0.408. The van der Waals surface area contributed by atoms with Crippen molar-refractivity contribution in [1.82, 2.24) is 4.98 Å². The first-order valence-electron chi connectivity index (χ1n) is 8.48. The minimum Gasteiger partial charge on any atom is -0.496 e. The van der Waals surface area contributed by atoms with Gasteiger partial charge in [0, 0.05) is 0 Å². The Morgan fingerprint density at radius 1 is 0.889 bits per heavy atom. The van der Waals surface area contributed by atoms with E-state index < -0.39 is 11.6 Å². The van der Waals surface area contributed by atoms with E-state index in [0.29, 0.717) is 11.1 Å². The fourth-order valence-corrected chi connectivity index (χ4v) is 3.35. The summed E-state index contributed by atoms with van der Waals surface area (Å²) in [4.78, 5) is 4.24. The second kappa shape index (κ2) is 6.50. The maximum atomic E-state index is 14.0. The largest absolute Gasteiger partial charge is 0.496 e. The highest BCUT2D eigenvalue weighted by molar-refractivity contribution is 5.83. The molecular formula is C22H17F2NO2. The number of fused-ring (bicyclic) bond motifs is 1. The molecular weight excluding hydrogens is 348 g/mol. The molecule has 0 atom stereocenters. The van der Waals surface area contributed by atoms with Gasteiger partial charge in [0.1, 0.15) is 28.5 Å². The van der Waals surface area contributed by atoms with Crippen molar-refractivity contribution < 1.29 is 17.9 Å². The van der Waals surface area contributed by atoms with E-state index in [1.54, 1.807) is 13.2 Å². The average Bonchev–Trinajstić information content (AvgIpc) is 3.03. The molecule has 1 aromatic heterocycles. The Hall–Kier alpha value is -3.21. The van der Waals surface area contributed by atoms with Crippen LogP contribution in [-0.4, -0.2) is 12.1 Å². The van der Waals surface area contributed by atoms with Gasteiger partial charge in [-0.3, -0.25) is 0 Å². The summed E-state index contributed by atoms with van der Waals surface area (Å²) >= 11 is 0. The van der Waals surface area contributed by atoms with E-state index in [2.05, 4.69) is 4.98 Å². The third kappa shape index (κ3) is 2.95. The van der Waals surface area contributed by atoms with Crippen LogP contribution in [-0.2, 0) is 0 Å². The van der Waals surface area contributed by atoms with Gasteiger partial charge in [0.05, 0.1) is 7.11 Å². The van der Waals surface area contributed by atoms with E-state index >= 15 is 0 Å². The molecule has 0 N–H and O–H groups in total. The van der Waals surface area contributed by atoms with Crippen LogP contribution < -0.4 is 4.74 Å². The van der Waals surface area contributed by atoms with Crippen LogP contribution in [0, 0.1) is 25.5 Å². The molecule has 0 aliphatic carbocycles. The van der Waals surface area contributed by atoms with Crippen LogP contribution in [0.1, 0.15) is 11.1 Å². The summed E-state index contributed by atoms with van der Waals surface area (Å²) in [6.07, 6.45) is 0. The fraction of sp³-hybridized carbons (Fsp3) is 0.136. The number of oxazole rings is 1. The van der Waals surface area contributed by atoms with Crippen molar-refractivity contribution in [2.45, 2.75) is 13.8 Å². The number of aromatic nitrogens is 1. The molecule has 0 spiro atoms. The highest BCUT2D eigenvalue weighted by Gasteiger charge is 2.18. The van der Waals surface area contributed by atoms with Gasteiger partial charge < -0.3 is 9.15 Å². The van der Waals surface area contributed by atoms with Gasteiger partial charge in [0.15, 0.2) is 5.58 Å². The molecule has 3 nitrogen and oxygen atoms in total. The van der Waals surface area contributed by atoms with E-state index in [4.69, 9.17) is 9.15 Å². The molecule has 136 valence electrons. The molecule has 4 aromatic rings. The fourth-order valence-electron chi connectivity index (χ4n) is 3.35. The first-order chi connectivity index (χ1) is 13.0. The number of benzene rings is 3. The van der Waals surface area contributed by atoms with Crippen LogP contribution in [0.5, 0.6) is 5.75 Å². The maximum Gasteiger partial charge on any atom is 0.233 e. The minimum atomic E-state index is -0.705. The van der Waals surface area contributed by atoms with E-state index in [1.165, 1.54) is 18.2 Å². The zero-order valence-electron chi connectivity index (χ0n) is 15.1. The molecule has 0 saturated carbocycles. The zero-order valence-corrected chi connectivity index (χ0v) is 15.1. The molecule has 0 aliphatic rings. The molecule has 0 saturated heterocycles. The summed E-state index contributed by atoms with van der Waals surface area (Å²) in [6.45, 7) is 3.97. The number of aryl methyl sites for hydroxylation is 2. The molecule has 4 rings (SSSR count). The van der Waals surface area contributed by atoms with Gasteiger partial charge in [-0.05, 0) is 72.5 Å². The molecule has 1 heterocycles. The third-order valence-corrected chi connectivity index (χ3v) is 4.56. The Morgan fingerprint density at radius 2 is 1.56 bits per heavy atom. The number of hydrogen-bond donors (Lipinski definition) is 0. The molecule has 3 aromatic carbocycles. The summed E-state index contributed by atoms with van der Waals surface area (Å²) in [5.74, 6) is -0.622. The first-order valence-corrected chi connectivity index (χ1v) is 8.48. The second-order valence-electron chi connectivity index (χ2n) is 6.44. The summed E-state index contributed by atoms with van der Waals surface area (Å²) in [7, 11) is 1.65. The van der Waals surface area contributed by atoms with Crippen molar-refractivity contribution in [3.63, 3.8) is 0 Å². The predicted molar refractivity (Wildman–Crippen MR) is 101 cm³/mol. The summed E-state index contributed by atoms with van der Waals surface area (Å²) < 4.78 is 39.1. The van der Waals surface area contributed by atoms with Crippen molar-refractivity contribution in [2.75, 3.05) is 7.11 Å². The highest BCUT2D eigenvalue weighted by atomic mass is 19.1. The zero-order chi connectivity index (χ0) is 19.1. The molecule has 0 radical (unpaired) electrons. The number of ether oxygens (including phenoxy) is 1. The Morgan fingerprint density at radius 3 is 2.19 bits per heavy atom. The number of methoxy groups -OCH3 is 1. The quantitative estimate of drug-likeness (QED) is 0.442. The van der Waals surface area contributed by atoms with Gasteiger partial charge in [-0.15, -0.1) is 0 Å². The van der Waals surface area contributed by atoms with Crippen molar-refractivity contribution in [2.24, 2.45) is 0 Å². The predicted octanol–water partition coefficient (Wildman–Crippen LogP) is 6.07. The molecule has 0 bridgehead atoms. The maximum absolute atomic E-state index is 14.0. The normalized spacial score (nSPS) is 11.1. The molecule has 0 aliphatic heterocycles. The third-order valence-electron chi connectivity index (χ3n) is 4.56. The second-order valence-corrected chi connectivity index (χ2v) is 6.44. The molecule has 27 heavy (non-hydrogen) atoms. The smallest absolute Gasteiger partial charge is 0.233 e. The van der Waals surface area contributed by atoms with Crippen LogP contribution in [0.3, 0.4) is 0 Å². The van der Waals surface area contributed by atoms with Gasteiger partial charge in [-0.1, -0.05) is 12.1 Å². The van der Waals surface area contributed by atoms with Crippen LogP contribution in [0.2, 0.25) is 0 Å². The monoisotopic (exact) mass is 365 g/mol. The Bertz CT molecular complexity index is 1120. The molecule has 5 heteroatoms. The lowest BCUT2D eigenvalue weighted by Crippen LogP contribution is -1.92. The number of hydrogen-bond acceptors (Lipinski definition) is 3. The van der Waals surface area contributed by atoms with Gasteiger partial charge >= 0.3 is 0 Å². The number of rotatable bonds is 3. The van der Waals surface area contributed by atoms with Crippen molar-refractivity contribution in [3.05, 3.63) is 71.3 Å². The topological polar surface area (TPSA) is 35.3 Å². The Kier molecular flexibility index (Phi) is 4.15. The van der Waals surface area contributed by atoms with E-state index in [-0.39, 0.29) is 11.5 Å². The minimum absolute atomic E-state index is 0.0696. The van der Waals surface area contributed by atoms with Crippen molar-refractivity contribution in [3.8, 4) is 28.3 Å². The lowest BCUT2D eigenvalue weighted by atomic mass is 9.99. The average molecular weight is 365 g/mol. The first kappa shape index (κ1) is 17.2. The highest BCUT2D eigenvalue weighted by Crippen LogP contribution is 2.33. The van der Waals surface area contributed by atoms with Gasteiger partial charge in [-0.2, -0.15) is 0 Å². The summed E-state index contributed by atoms with van der Waals surface area (Å²) in [6, 6.07) is 13.2. The standard InChI is InChI=1S/C22H17F2NO2/c1-12-9-15(10-13(2)21(12)26-3)14-7-8-18-19(11-14)27-22(25-18)20-16(23)5-4-6-17(20)24/h4-11H,1-3H3. The van der Waals surface area contributed by atoms with Crippen LogP contribution >= 0.6 is 0 Å². The van der Waals surface area contributed by atoms with Gasteiger partial charge in [0.25, 0.3) is 0 Å².